The minimum Gasteiger partial charge on any atom is -0.377 e. The van der Waals surface area contributed by atoms with Gasteiger partial charge < -0.3 is 20.3 Å². The van der Waals surface area contributed by atoms with Crippen LogP contribution in [0.1, 0.15) is 72.1 Å². The summed E-state index contributed by atoms with van der Waals surface area (Å²) in [4.78, 5) is 19.5. The van der Waals surface area contributed by atoms with E-state index in [1.54, 1.807) is 0 Å². The molecule has 2 aliphatic carbocycles. The average molecular weight is 405 g/mol. The summed E-state index contributed by atoms with van der Waals surface area (Å²) in [6, 6.07) is 0.907. The van der Waals surface area contributed by atoms with E-state index in [0.29, 0.717) is 35.4 Å². The third-order valence-electron chi connectivity index (χ3n) is 8.13. The number of amides is 1. The van der Waals surface area contributed by atoms with Crippen molar-refractivity contribution in [2.45, 2.75) is 90.3 Å². The maximum absolute atomic E-state index is 12.7. The summed E-state index contributed by atoms with van der Waals surface area (Å²) in [5.74, 6) is 2.16. The zero-order valence-corrected chi connectivity index (χ0v) is 18.6. The van der Waals surface area contributed by atoms with Gasteiger partial charge in [-0.25, -0.2) is 0 Å². The molecule has 3 atom stereocenters. The highest BCUT2D eigenvalue weighted by atomic mass is 16.5. The van der Waals surface area contributed by atoms with E-state index in [1.165, 1.54) is 25.7 Å². The fourth-order valence-corrected chi connectivity index (χ4v) is 6.23. The smallest absolute Gasteiger partial charge is 0.225 e. The van der Waals surface area contributed by atoms with Gasteiger partial charge in [0, 0.05) is 55.6 Å². The molecule has 0 bridgehead atoms. The predicted octanol–water partition coefficient (Wildman–Crippen LogP) is 2.93. The minimum atomic E-state index is 0.192. The summed E-state index contributed by atoms with van der Waals surface area (Å²) < 4.78 is 6.07. The van der Waals surface area contributed by atoms with Crippen molar-refractivity contribution in [2.24, 2.45) is 22.2 Å². The molecule has 0 aromatic heterocycles. The molecule has 6 heteroatoms. The van der Waals surface area contributed by atoms with Crippen LogP contribution in [0.2, 0.25) is 0 Å². The molecule has 2 heterocycles. The van der Waals surface area contributed by atoms with E-state index in [4.69, 9.17) is 9.73 Å². The molecule has 4 fully saturated rings. The van der Waals surface area contributed by atoms with Crippen LogP contribution in [-0.4, -0.2) is 61.2 Å². The Balaban J connectivity index is 1.31. The molecule has 1 spiro atoms. The lowest BCUT2D eigenvalue weighted by atomic mass is 9.46. The number of ether oxygens (including phenoxy) is 1. The van der Waals surface area contributed by atoms with E-state index in [0.717, 1.165) is 57.9 Å². The summed E-state index contributed by atoms with van der Waals surface area (Å²) in [6.45, 7) is 9.76. The largest absolute Gasteiger partial charge is 0.377 e. The van der Waals surface area contributed by atoms with E-state index >= 15 is 0 Å². The fourth-order valence-electron chi connectivity index (χ4n) is 6.23. The number of carbonyl (C=O) groups is 1. The van der Waals surface area contributed by atoms with Crippen LogP contribution in [0.15, 0.2) is 4.99 Å². The van der Waals surface area contributed by atoms with Crippen molar-refractivity contribution in [3.8, 4) is 0 Å². The van der Waals surface area contributed by atoms with Crippen molar-refractivity contribution < 1.29 is 9.53 Å². The van der Waals surface area contributed by atoms with Crippen molar-refractivity contribution in [3.05, 3.63) is 0 Å². The van der Waals surface area contributed by atoms with Gasteiger partial charge in [-0.2, -0.15) is 0 Å². The number of aliphatic imine (C=N–C) groups is 1. The van der Waals surface area contributed by atoms with E-state index in [-0.39, 0.29) is 5.92 Å². The summed E-state index contributed by atoms with van der Waals surface area (Å²) in [7, 11) is 0. The maximum atomic E-state index is 12.7. The van der Waals surface area contributed by atoms with Gasteiger partial charge in [-0.1, -0.05) is 20.3 Å². The van der Waals surface area contributed by atoms with Crippen molar-refractivity contribution in [1.29, 1.82) is 0 Å². The van der Waals surface area contributed by atoms with Crippen molar-refractivity contribution in [1.82, 2.24) is 15.5 Å². The molecule has 0 radical (unpaired) electrons. The van der Waals surface area contributed by atoms with Crippen molar-refractivity contribution in [3.63, 3.8) is 0 Å². The first-order valence-corrected chi connectivity index (χ1v) is 12.1. The lowest BCUT2D eigenvalue weighted by Crippen LogP contribution is -2.72. The van der Waals surface area contributed by atoms with Gasteiger partial charge in [0.1, 0.15) is 0 Å². The number of nitrogens with zero attached hydrogens (tertiary/aromatic N) is 2. The SMILES string of the molecule is CCN=C(NC1CCN(C(=O)C(CC)CC)CC1)NC1C2CCOC2C12CCC2. The minimum absolute atomic E-state index is 0.192. The van der Waals surface area contributed by atoms with Crippen LogP contribution in [0.5, 0.6) is 0 Å². The Kier molecular flexibility index (Phi) is 6.38. The molecule has 164 valence electrons. The van der Waals surface area contributed by atoms with E-state index in [9.17, 15) is 4.79 Å². The Morgan fingerprint density at radius 2 is 1.86 bits per heavy atom. The van der Waals surface area contributed by atoms with Gasteiger partial charge in [0.15, 0.2) is 5.96 Å². The highest BCUT2D eigenvalue weighted by Crippen LogP contribution is 2.62. The lowest BCUT2D eigenvalue weighted by molar-refractivity contribution is -0.171. The Labute approximate surface area is 176 Å². The van der Waals surface area contributed by atoms with Gasteiger partial charge >= 0.3 is 0 Å². The van der Waals surface area contributed by atoms with Crippen LogP contribution in [0, 0.1) is 17.3 Å². The molecule has 2 aliphatic heterocycles. The summed E-state index contributed by atoms with van der Waals surface area (Å²) in [5.41, 5.74) is 0.364. The number of likely N-dealkylation sites (tertiary alicyclic amines) is 1. The third-order valence-corrected chi connectivity index (χ3v) is 8.13. The molecule has 4 rings (SSSR count). The number of carbonyl (C=O) groups excluding carboxylic acids is 1. The number of rotatable bonds is 6. The average Bonchev–Trinajstić information content (AvgIpc) is 3.11. The molecule has 0 aromatic rings. The number of hydrogen-bond acceptors (Lipinski definition) is 3. The molecule has 2 saturated heterocycles. The van der Waals surface area contributed by atoms with Gasteiger partial charge in [0.05, 0.1) is 6.10 Å². The number of nitrogens with one attached hydrogen (secondary N) is 2. The molecule has 0 aromatic carbocycles. The Morgan fingerprint density at radius 1 is 1.14 bits per heavy atom. The summed E-state index contributed by atoms with van der Waals surface area (Å²) >= 11 is 0. The second-order valence-electron chi connectivity index (χ2n) is 9.53. The Hall–Kier alpha value is -1.30. The number of hydrogen-bond donors (Lipinski definition) is 2. The Morgan fingerprint density at radius 3 is 2.45 bits per heavy atom. The first-order valence-electron chi connectivity index (χ1n) is 12.1. The molecule has 1 amide bonds. The Bertz CT molecular complexity index is 606. The van der Waals surface area contributed by atoms with Crippen LogP contribution in [-0.2, 0) is 9.53 Å². The van der Waals surface area contributed by atoms with E-state index < -0.39 is 0 Å². The van der Waals surface area contributed by atoms with Gasteiger partial charge in [-0.15, -0.1) is 0 Å². The zero-order valence-electron chi connectivity index (χ0n) is 18.6. The van der Waals surface area contributed by atoms with Crippen LogP contribution < -0.4 is 10.6 Å². The number of fused-ring (bicyclic) bond motifs is 2. The van der Waals surface area contributed by atoms with Gasteiger partial charge in [0.2, 0.25) is 5.91 Å². The molecular formula is C23H40N4O2. The monoisotopic (exact) mass is 404 g/mol. The highest BCUT2D eigenvalue weighted by Gasteiger charge is 2.66. The van der Waals surface area contributed by atoms with Gasteiger partial charge in [-0.3, -0.25) is 9.79 Å². The molecule has 6 nitrogen and oxygen atoms in total. The summed E-state index contributed by atoms with van der Waals surface area (Å²) in [5, 5.41) is 7.51. The predicted molar refractivity (Wildman–Crippen MR) is 116 cm³/mol. The highest BCUT2D eigenvalue weighted by molar-refractivity contribution is 5.81. The molecule has 2 saturated carbocycles. The van der Waals surface area contributed by atoms with E-state index in [1.807, 2.05) is 0 Å². The fraction of sp³-hybridized carbons (Fsp3) is 0.913. The van der Waals surface area contributed by atoms with Crippen molar-refractivity contribution >= 4 is 11.9 Å². The maximum Gasteiger partial charge on any atom is 0.225 e. The molecule has 2 N–H and O–H groups in total. The quantitative estimate of drug-likeness (QED) is 0.528. The zero-order chi connectivity index (χ0) is 20.4. The van der Waals surface area contributed by atoms with Crippen LogP contribution in [0.3, 0.4) is 0 Å². The number of piperidine rings is 1. The normalized spacial score (nSPS) is 31.4. The molecule has 3 unspecified atom stereocenters. The first kappa shape index (κ1) is 21.0. The molecule has 29 heavy (non-hydrogen) atoms. The molecular weight excluding hydrogens is 364 g/mol. The third kappa shape index (κ3) is 3.77. The van der Waals surface area contributed by atoms with Crippen molar-refractivity contribution in [2.75, 3.05) is 26.2 Å². The van der Waals surface area contributed by atoms with Crippen LogP contribution in [0.4, 0.5) is 0 Å². The molecule has 4 aliphatic rings. The van der Waals surface area contributed by atoms with Gasteiger partial charge in [-0.05, 0) is 51.9 Å². The second-order valence-corrected chi connectivity index (χ2v) is 9.53. The van der Waals surface area contributed by atoms with Crippen LogP contribution >= 0.6 is 0 Å². The standard InChI is InChI=1S/C23H40N4O2/c1-4-16(5-2)21(28)27-13-8-17(9-14-27)25-22(24-6-3)26-19-18-10-15-29-20(18)23(19)11-7-12-23/h16-20H,4-15H2,1-3H3,(H2,24,25,26). The summed E-state index contributed by atoms with van der Waals surface area (Å²) in [6.07, 6.45) is 9.48. The topological polar surface area (TPSA) is 66.0 Å². The second kappa shape index (κ2) is 8.83. The first-order chi connectivity index (χ1) is 14.1. The van der Waals surface area contributed by atoms with Crippen LogP contribution in [0.25, 0.3) is 0 Å². The van der Waals surface area contributed by atoms with E-state index in [2.05, 4.69) is 36.3 Å². The lowest BCUT2D eigenvalue weighted by Gasteiger charge is -2.63. The van der Waals surface area contributed by atoms with Gasteiger partial charge in [0.25, 0.3) is 0 Å². The number of guanidine groups is 1.